The Bertz CT molecular complexity index is 756. The fourth-order valence-corrected chi connectivity index (χ4v) is 1.89. The molecule has 0 unspecified atom stereocenters. The Labute approximate surface area is 138 Å². The third-order valence-corrected chi connectivity index (χ3v) is 2.95. The van der Waals surface area contributed by atoms with Gasteiger partial charge >= 0.3 is 5.97 Å². The minimum absolute atomic E-state index is 0.00930. The van der Waals surface area contributed by atoms with E-state index in [1.54, 1.807) is 36.4 Å². The number of ether oxygens (including phenoxy) is 1. The number of phenolic OH excluding ortho intramolecular Hbond substituents is 1. The van der Waals surface area contributed by atoms with Crippen LogP contribution in [-0.2, 0) is 14.3 Å². The predicted molar refractivity (Wildman–Crippen MR) is 87.8 cm³/mol. The van der Waals surface area contributed by atoms with Crippen molar-refractivity contribution >= 4 is 29.2 Å². The number of rotatable bonds is 5. The third-order valence-electron chi connectivity index (χ3n) is 2.95. The summed E-state index contributed by atoms with van der Waals surface area (Å²) in [5, 5.41) is 14.7. The summed E-state index contributed by atoms with van der Waals surface area (Å²) in [4.78, 5) is 34.5. The highest BCUT2D eigenvalue weighted by Gasteiger charge is 2.13. The Morgan fingerprint density at radius 3 is 2.12 bits per heavy atom. The Hall–Kier alpha value is -3.35. The number of benzene rings is 2. The molecule has 0 aliphatic carbocycles. The van der Waals surface area contributed by atoms with Crippen molar-refractivity contribution < 1.29 is 24.2 Å². The number of anilines is 2. The molecule has 0 saturated heterocycles. The molecule has 0 aromatic heterocycles. The average Bonchev–Trinajstić information content (AvgIpc) is 2.54. The van der Waals surface area contributed by atoms with Gasteiger partial charge in [0, 0.05) is 18.3 Å². The second kappa shape index (κ2) is 7.77. The van der Waals surface area contributed by atoms with Gasteiger partial charge in [-0.3, -0.25) is 9.59 Å². The van der Waals surface area contributed by atoms with Crippen molar-refractivity contribution in [1.29, 1.82) is 0 Å². The molecule has 2 rings (SSSR count). The summed E-state index contributed by atoms with van der Waals surface area (Å²) >= 11 is 0. The van der Waals surface area contributed by atoms with Crippen LogP contribution in [0, 0.1) is 0 Å². The molecule has 2 aromatic rings. The number of carbonyl (C=O) groups is 3. The van der Waals surface area contributed by atoms with Gasteiger partial charge in [-0.1, -0.05) is 12.1 Å². The van der Waals surface area contributed by atoms with Crippen molar-refractivity contribution in [3.63, 3.8) is 0 Å². The lowest BCUT2D eigenvalue weighted by Gasteiger charge is -2.08. The van der Waals surface area contributed by atoms with Crippen LogP contribution in [0.5, 0.6) is 5.75 Å². The van der Waals surface area contributed by atoms with Crippen molar-refractivity contribution in [3.8, 4) is 5.75 Å². The van der Waals surface area contributed by atoms with Crippen LogP contribution in [0.1, 0.15) is 17.3 Å². The molecule has 0 saturated carbocycles. The summed E-state index contributed by atoms with van der Waals surface area (Å²) in [5.74, 6) is -1.71. The van der Waals surface area contributed by atoms with Crippen LogP contribution >= 0.6 is 0 Å². The molecule has 7 heteroatoms. The molecule has 0 spiro atoms. The Kier molecular flexibility index (Phi) is 5.51. The summed E-state index contributed by atoms with van der Waals surface area (Å²) in [5.41, 5.74) is 1.09. The molecule has 0 atom stereocenters. The Balaban J connectivity index is 1.86. The van der Waals surface area contributed by atoms with E-state index < -0.39 is 18.5 Å². The number of carbonyl (C=O) groups excluding carboxylic acids is 3. The monoisotopic (exact) mass is 328 g/mol. The summed E-state index contributed by atoms with van der Waals surface area (Å²) in [6.45, 7) is 0.912. The number of hydrogen-bond donors (Lipinski definition) is 3. The number of hydrogen-bond acceptors (Lipinski definition) is 5. The van der Waals surface area contributed by atoms with Crippen LogP contribution in [0.3, 0.4) is 0 Å². The SMILES string of the molecule is CC(=O)Nc1ccc(NC(=O)COC(=O)c2ccccc2O)cc1. The van der Waals surface area contributed by atoms with Gasteiger partial charge in [-0.05, 0) is 36.4 Å². The van der Waals surface area contributed by atoms with Crippen LogP contribution < -0.4 is 10.6 Å². The van der Waals surface area contributed by atoms with Gasteiger partial charge in [-0.25, -0.2) is 4.79 Å². The fourth-order valence-electron chi connectivity index (χ4n) is 1.89. The molecule has 2 aromatic carbocycles. The number of nitrogens with one attached hydrogen (secondary N) is 2. The van der Waals surface area contributed by atoms with Crippen LogP contribution in [-0.4, -0.2) is 29.5 Å². The number of phenols is 1. The van der Waals surface area contributed by atoms with Crippen LogP contribution in [0.15, 0.2) is 48.5 Å². The molecular weight excluding hydrogens is 312 g/mol. The molecule has 0 radical (unpaired) electrons. The molecule has 3 N–H and O–H groups in total. The molecule has 24 heavy (non-hydrogen) atoms. The zero-order valence-electron chi connectivity index (χ0n) is 12.9. The van der Waals surface area contributed by atoms with Gasteiger partial charge in [0.25, 0.3) is 5.91 Å². The van der Waals surface area contributed by atoms with Crippen molar-refractivity contribution in [3.05, 3.63) is 54.1 Å². The van der Waals surface area contributed by atoms with Crippen LogP contribution in [0.4, 0.5) is 11.4 Å². The van der Waals surface area contributed by atoms with E-state index in [0.717, 1.165) is 0 Å². The third kappa shape index (κ3) is 4.84. The highest BCUT2D eigenvalue weighted by molar-refractivity contribution is 5.97. The molecule has 7 nitrogen and oxygen atoms in total. The van der Waals surface area contributed by atoms with E-state index in [9.17, 15) is 19.5 Å². The molecule has 0 bridgehead atoms. The smallest absolute Gasteiger partial charge is 0.342 e. The molecule has 0 heterocycles. The standard InChI is InChI=1S/C17H16N2O5/c1-11(20)18-12-6-8-13(9-7-12)19-16(22)10-24-17(23)14-4-2-3-5-15(14)21/h2-9,21H,10H2,1H3,(H,18,20)(H,19,22). The van der Waals surface area contributed by atoms with E-state index in [4.69, 9.17) is 4.74 Å². The zero-order chi connectivity index (χ0) is 17.5. The minimum Gasteiger partial charge on any atom is -0.507 e. The highest BCUT2D eigenvalue weighted by atomic mass is 16.5. The van der Waals surface area contributed by atoms with Crippen molar-refractivity contribution in [1.82, 2.24) is 0 Å². The number of aromatic hydroxyl groups is 1. The highest BCUT2D eigenvalue weighted by Crippen LogP contribution is 2.17. The first kappa shape index (κ1) is 17.0. The van der Waals surface area contributed by atoms with Gasteiger partial charge < -0.3 is 20.5 Å². The second-order valence-corrected chi connectivity index (χ2v) is 4.90. The fraction of sp³-hybridized carbons (Fsp3) is 0.118. The second-order valence-electron chi connectivity index (χ2n) is 4.90. The number of esters is 1. The lowest BCUT2D eigenvalue weighted by Crippen LogP contribution is -2.21. The maximum Gasteiger partial charge on any atom is 0.342 e. The quantitative estimate of drug-likeness (QED) is 0.729. The molecule has 2 amide bonds. The Morgan fingerprint density at radius 1 is 0.958 bits per heavy atom. The van der Waals surface area contributed by atoms with E-state index in [1.807, 2.05) is 0 Å². The van der Waals surface area contributed by atoms with Crippen molar-refractivity contribution in [2.75, 3.05) is 17.2 Å². The largest absolute Gasteiger partial charge is 0.507 e. The first-order chi connectivity index (χ1) is 11.5. The van der Waals surface area contributed by atoms with Gasteiger partial charge in [-0.15, -0.1) is 0 Å². The van der Waals surface area contributed by atoms with Crippen LogP contribution in [0.2, 0.25) is 0 Å². The van der Waals surface area contributed by atoms with E-state index >= 15 is 0 Å². The first-order valence-corrected chi connectivity index (χ1v) is 7.08. The van der Waals surface area contributed by atoms with Crippen molar-refractivity contribution in [2.45, 2.75) is 6.92 Å². The van der Waals surface area contributed by atoms with Gasteiger partial charge in [0.1, 0.15) is 11.3 Å². The first-order valence-electron chi connectivity index (χ1n) is 7.08. The van der Waals surface area contributed by atoms with E-state index in [1.165, 1.54) is 19.1 Å². The van der Waals surface area contributed by atoms with Gasteiger partial charge in [0.15, 0.2) is 6.61 Å². The Morgan fingerprint density at radius 2 is 1.54 bits per heavy atom. The maximum atomic E-state index is 11.8. The molecule has 0 aliphatic rings. The van der Waals surface area contributed by atoms with Gasteiger partial charge in [0.05, 0.1) is 0 Å². The summed E-state index contributed by atoms with van der Waals surface area (Å²) in [6.07, 6.45) is 0. The molecule has 0 aliphatic heterocycles. The average molecular weight is 328 g/mol. The van der Waals surface area contributed by atoms with Gasteiger partial charge in [-0.2, -0.15) is 0 Å². The lowest BCUT2D eigenvalue weighted by molar-refractivity contribution is -0.119. The van der Waals surface area contributed by atoms with Crippen molar-refractivity contribution in [2.24, 2.45) is 0 Å². The molecular formula is C17H16N2O5. The lowest BCUT2D eigenvalue weighted by atomic mass is 10.2. The summed E-state index contributed by atoms with van der Waals surface area (Å²) in [6, 6.07) is 12.4. The zero-order valence-corrected chi connectivity index (χ0v) is 12.9. The number of para-hydroxylation sites is 1. The topological polar surface area (TPSA) is 105 Å². The maximum absolute atomic E-state index is 11.8. The summed E-state index contributed by atoms with van der Waals surface area (Å²) < 4.78 is 4.85. The minimum atomic E-state index is -0.788. The summed E-state index contributed by atoms with van der Waals surface area (Å²) in [7, 11) is 0. The van der Waals surface area contributed by atoms with E-state index in [2.05, 4.69) is 10.6 Å². The van der Waals surface area contributed by atoms with Gasteiger partial charge in [0.2, 0.25) is 5.91 Å². The van der Waals surface area contributed by atoms with E-state index in [0.29, 0.717) is 11.4 Å². The normalized spacial score (nSPS) is 9.88. The van der Waals surface area contributed by atoms with Crippen LogP contribution in [0.25, 0.3) is 0 Å². The molecule has 124 valence electrons. The predicted octanol–water partition coefficient (Wildman–Crippen LogP) is 2.15. The number of amides is 2. The van der Waals surface area contributed by atoms with E-state index in [-0.39, 0.29) is 17.2 Å². The molecule has 0 fully saturated rings.